The molecule has 7 heteroatoms. The zero-order valence-electron chi connectivity index (χ0n) is 19.5. The van der Waals surface area contributed by atoms with E-state index in [1.807, 2.05) is 72.2 Å². The number of carbonyl (C=O) groups excluding carboxylic acids is 1. The van der Waals surface area contributed by atoms with E-state index in [2.05, 4.69) is 21.3 Å². The highest BCUT2D eigenvalue weighted by Gasteiger charge is 2.28. The van der Waals surface area contributed by atoms with E-state index in [0.717, 1.165) is 53.3 Å². The molecule has 2 unspecified atom stereocenters. The predicted octanol–water partition coefficient (Wildman–Crippen LogP) is 4.50. The topological polar surface area (TPSA) is 71.8 Å². The minimum atomic E-state index is -0.0808. The summed E-state index contributed by atoms with van der Waals surface area (Å²) in [6.45, 7) is 3.53. The summed E-state index contributed by atoms with van der Waals surface area (Å²) in [7, 11) is 1.66. The van der Waals surface area contributed by atoms with E-state index in [9.17, 15) is 4.79 Å². The average molecular weight is 456 g/mol. The maximum absolute atomic E-state index is 13.1. The van der Waals surface area contributed by atoms with Crippen LogP contribution in [0.3, 0.4) is 0 Å². The van der Waals surface area contributed by atoms with E-state index < -0.39 is 0 Å². The lowest BCUT2D eigenvalue weighted by molar-refractivity contribution is -0.125. The Kier molecular flexibility index (Phi) is 6.16. The largest absolute Gasteiger partial charge is 0.497 e. The number of fused-ring (bicyclic) bond motifs is 1. The second-order valence-corrected chi connectivity index (χ2v) is 8.77. The number of methoxy groups -OCH3 is 1. The molecule has 0 radical (unpaired) electrons. The van der Waals surface area contributed by atoms with Crippen LogP contribution in [-0.4, -0.2) is 40.7 Å². The van der Waals surface area contributed by atoms with Crippen LogP contribution in [0.4, 0.5) is 5.82 Å². The number of anilines is 1. The quantitative estimate of drug-likeness (QED) is 0.464. The highest BCUT2D eigenvalue weighted by molar-refractivity contribution is 5.81. The molecule has 0 bridgehead atoms. The van der Waals surface area contributed by atoms with Crippen molar-refractivity contribution in [3.63, 3.8) is 0 Å². The Labute approximate surface area is 199 Å². The van der Waals surface area contributed by atoms with Crippen molar-refractivity contribution in [3.05, 3.63) is 78.6 Å². The summed E-state index contributed by atoms with van der Waals surface area (Å²) in [5.41, 5.74) is 3.88. The number of hydrogen-bond acceptors (Lipinski definition) is 5. The van der Waals surface area contributed by atoms with Gasteiger partial charge in [-0.1, -0.05) is 42.5 Å². The summed E-state index contributed by atoms with van der Waals surface area (Å²) in [4.78, 5) is 20.0. The first-order valence-electron chi connectivity index (χ1n) is 11.7. The molecule has 1 aliphatic rings. The third-order valence-corrected chi connectivity index (χ3v) is 6.49. The summed E-state index contributed by atoms with van der Waals surface area (Å²) in [5.74, 6) is 1.67. The van der Waals surface area contributed by atoms with Gasteiger partial charge in [-0.25, -0.2) is 9.50 Å². The molecule has 1 N–H and O–H groups in total. The maximum Gasteiger partial charge on any atom is 0.225 e. The third kappa shape index (κ3) is 4.46. The number of hydrogen-bond donors (Lipinski definition) is 1. The SMILES string of the molecule is COc1cccc(-c2cc3c(N4CCCC(C(=O)NC(C)c5ccccc5)C4)nccn3n2)c1. The molecule has 0 saturated carbocycles. The number of nitrogens with one attached hydrogen (secondary N) is 1. The van der Waals surface area contributed by atoms with Crippen molar-refractivity contribution in [2.75, 3.05) is 25.1 Å². The first kappa shape index (κ1) is 21.9. The molecule has 2 aromatic carbocycles. The molecule has 1 amide bonds. The lowest BCUT2D eigenvalue weighted by atomic mass is 9.96. The summed E-state index contributed by atoms with van der Waals surface area (Å²) in [6, 6.07) is 20.0. The van der Waals surface area contributed by atoms with Crippen LogP contribution in [0.1, 0.15) is 31.4 Å². The van der Waals surface area contributed by atoms with Crippen molar-refractivity contribution < 1.29 is 9.53 Å². The molecule has 0 aliphatic carbocycles. The zero-order chi connectivity index (χ0) is 23.5. The minimum absolute atomic E-state index is 0.0223. The molecule has 4 aromatic rings. The molecule has 2 aromatic heterocycles. The lowest BCUT2D eigenvalue weighted by Gasteiger charge is -2.33. The molecule has 174 valence electrons. The Morgan fingerprint density at radius 2 is 2.00 bits per heavy atom. The lowest BCUT2D eigenvalue weighted by Crippen LogP contribution is -2.44. The molecule has 1 aliphatic heterocycles. The maximum atomic E-state index is 13.1. The van der Waals surface area contributed by atoms with Gasteiger partial charge in [0, 0.05) is 31.0 Å². The summed E-state index contributed by atoms with van der Waals surface area (Å²) in [5, 5.41) is 7.95. The molecule has 0 spiro atoms. The molecule has 34 heavy (non-hydrogen) atoms. The van der Waals surface area contributed by atoms with Gasteiger partial charge in [-0.3, -0.25) is 4.79 Å². The highest BCUT2D eigenvalue weighted by atomic mass is 16.5. The van der Waals surface area contributed by atoms with Crippen molar-refractivity contribution >= 4 is 17.2 Å². The summed E-state index contributed by atoms with van der Waals surface area (Å²) in [6.07, 6.45) is 5.45. The van der Waals surface area contributed by atoms with Crippen LogP contribution in [0, 0.1) is 5.92 Å². The van der Waals surface area contributed by atoms with Crippen molar-refractivity contribution in [1.82, 2.24) is 19.9 Å². The highest BCUT2D eigenvalue weighted by Crippen LogP contribution is 2.30. The van der Waals surface area contributed by atoms with E-state index in [0.29, 0.717) is 6.54 Å². The number of rotatable bonds is 6. The van der Waals surface area contributed by atoms with Crippen molar-refractivity contribution in [3.8, 4) is 17.0 Å². The number of benzene rings is 2. The molecule has 1 saturated heterocycles. The van der Waals surface area contributed by atoms with Crippen molar-refractivity contribution in [2.45, 2.75) is 25.8 Å². The van der Waals surface area contributed by atoms with Gasteiger partial charge in [-0.2, -0.15) is 5.10 Å². The summed E-state index contributed by atoms with van der Waals surface area (Å²) < 4.78 is 7.23. The van der Waals surface area contributed by atoms with Crippen molar-refractivity contribution in [2.24, 2.45) is 5.92 Å². The van der Waals surface area contributed by atoms with Crippen LogP contribution in [0.25, 0.3) is 16.8 Å². The normalized spacial score (nSPS) is 16.9. The van der Waals surface area contributed by atoms with Crippen LogP contribution in [0.15, 0.2) is 73.1 Å². The molecule has 7 nitrogen and oxygen atoms in total. The standard InChI is InChI=1S/C27H29N5O2/c1-19(20-8-4-3-5-9-20)29-27(33)22-11-7-14-31(18-22)26-25-17-24(30-32(25)15-13-28-26)21-10-6-12-23(16-21)34-2/h3-6,8-10,12-13,15-17,19,22H,7,11,14,18H2,1-2H3,(H,29,33). The fraction of sp³-hybridized carbons (Fsp3) is 0.296. The molecular weight excluding hydrogens is 426 g/mol. The molecular formula is C27H29N5O2. The smallest absolute Gasteiger partial charge is 0.225 e. The van der Waals surface area contributed by atoms with E-state index in [1.165, 1.54) is 0 Å². The van der Waals surface area contributed by atoms with Crippen molar-refractivity contribution in [1.29, 1.82) is 0 Å². The fourth-order valence-corrected chi connectivity index (χ4v) is 4.62. The van der Waals surface area contributed by atoms with Gasteiger partial charge in [0.2, 0.25) is 5.91 Å². The van der Waals surface area contributed by atoms with E-state index in [-0.39, 0.29) is 17.9 Å². The number of amides is 1. The number of piperidine rings is 1. The monoisotopic (exact) mass is 455 g/mol. The number of aromatic nitrogens is 3. The first-order chi connectivity index (χ1) is 16.6. The predicted molar refractivity (Wildman–Crippen MR) is 133 cm³/mol. The van der Waals surface area contributed by atoms with E-state index in [4.69, 9.17) is 9.84 Å². The molecule has 3 heterocycles. The number of carbonyl (C=O) groups is 1. The molecule has 5 rings (SSSR count). The van der Waals surface area contributed by atoms with Gasteiger partial charge in [0.25, 0.3) is 0 Å². The Bertz CT molecular complexity index is 1290. The van der Waals surface area contributed by atoms with Gasteiger partial charge in [-0.15, -0.1) is 0 Å². The van der Waals surface area contributed by atoms with Crippen LogP contribution in [0.2, 0.25) is 0 Å². The second kappa shape index (κ2) is 9.55. The number of ether oxygens (including phenoxy) is 1. The molecule has 2 atom stereocenters. The Balaban J connectivity index is 1.36. The van der Waals surface area contributed by atoms with Gasteiger partial charge >= 0.3 is 0 Å². The average Bonchev–Trinajstić information content (AvgIpc) is 3.34. The van der Waals surface area contributed by atoms with E-state index in [1.54, 1.807) is 13.3 Å². The minimum Gasteiger partial charge on any atom is -0.497 e. The van der Waals surface area contributed by atoms with Crippen LogP contribution in [0.5, 0.6) is 5.75 Å². The zero-order valence-corrected chi connectivity index (χ0v) is 19.5. The van der Waals surface area contributed by atoms with Gasteiger partial charge in [0.1, 0.15) is 11.3 Å². The van der Waals surface area contributed by atoms with Gasteiger partial charge in [0.15, 0.2) is 5.82 Å². The van der Waals surface area contributed by atoms with Crippen LogP contribution < -0.4 is 15.0 Å². The van der Waals surface area contributed by atoms with Crippen LogP contribution >= 0.6 is 0 Å². The molecule has 1 fully saturated rings. The number of nitrogens with zero attached hydrogens (tertiary/aromatic N) is 4. The van der Waals surface area contributed by atoms with Crippen LogP contribution in [-0.2, 0) is 4.79 Å². The summed E-state index contributed by atoms with van der Waals surface area (Å²) >= 11 is 0. The Hall–Kier alpha value is -3.87. The second-order valence-electron chi connectivity index (χ2n) is 8.77. The fourth-order valence-electron chi connectivity index (χ4n) is 4.62. The van der Waals surface area contributed by atoms with Gasteiger partial charge < -0.3 is 15.0 Å². The van der Waals surface area contributed by atoms with Gasteiger partial charge in [0.05, 0.1) is 24.8 Å². The first-order valence-corrected chi connectivity index (χ1v) is 11.7. The van der Waals surface area contributed by atoms with Gasteiger partial charge in [-0.05, 0) is 43.5 Å². The third-order valence-electron chi connectivity index (χ3n) is 6.49. The Morgan fingerprint density at radius 1 is 1.15 bits per heavy atom. The Morgan fingerprint density at radius 3 is 2.82 bits per heavy atom. The van der Waals surface area contributed by atoms with E-state index >= 15 is 0 Å².